The lowest BCUT2D eigenvalue weighted by atomic mass is 10.1. The monoisotopic (exact) mass is 274 g/mol. The molecule has 0 fully saturated rings. The molecule has 3 rings (SSSR count). The number of hydrogen-bond donors (Lipinski definition) is 1. The molecule has 1 aliphatic rings. The fourth-order valence-electron chi connectivity index (χ4n) is 2.21. The molecule has 0 aromatic carbocycles. The lowest BCUT2D eigenvalue weighted by Gasteiger charge is -2.27. The van der Waals surface area contributed by atoms with Crippen LogP contribution in [0.1, 0.15) is 16.8 Å². The van der Waals surface area contributed by atoms with Crippen LogP contribution in [-0.4, -0.2) is 27.3 Å². The van der Waals surface area contributed by atoms with E-state index < -0.39 is 0 Å². The van der Waals surface area contributed by atoms with Gasteiger partial charge >= 0.3 is 0 Å². The zero-order chi connectivity index (χ0) is 13.2. The van der Waals surface area contributed by atoms with Gasteiger partial charge in [-0.25, -0.2) is 9.97 Å². The average molecular weight is 274 g/mol. The van der Waals surface area contributed by atoms with Gasteiger partial charge in [0.25, 0.3) is 0 Å². The highest BCUT2D eigenvalue weighted by Gasteiger charge is 2.22. The van der Waals surface area contributed by atoms with Crippen molar-refractivity contribution in [3.63, 3.8) is 0 Å². The molecule has 0 saturated heterocycles. The second-order valence-corrected chi connectivity index (χ2v) is 5.35. The van der Waals surface area contributed by atoms with Crippen LogP contribution in [0.15, 0.2) is 23.0 Å². The molecule has 2 aromatic heterocycles. The first-order valence-corrected chi connectivity index (χ1v) is 7.06. The first-order chi connectivity index (χ1) is 9.22. The number of anilines is 1. The summed E-state index contributed by atoms with van der Waals surface area (Å²) in [5.41, 5.74) is 8.63. The van der Waals surface area contributed by atoms with Crippen LogP contribution in [0, 0.1) is 0 Å². The molecule has 1 aliphatic heterocycles. The van der Waals surface area contributed by atoms with Crippen molar-refractivity contribution in [2.45, 2.75) is 19.4 Å². The van der Waals surface area contributed by atoms with Gasteiger partial charge in [0, 0.05) is 12.7 Å². The standard InChI is InChI=1S/C13H14N4OS/c14-13-15-6-10-1-3-17(7-11(10)16-13)12(18)5-9-2-4-19-8-9/h2,4,6,8H,1,3,5,7H2,(H2,14,15,16). The smallest absolute Gasteiger partial charge is 0.227 e. The van der Waals surface area contributed by atoms with Crippen molar-refractivity contribution in [3.8, 4) is 0 Å². The summed E-state index contributed by atoms with van der Waals surface area (Å²) in [7, 11) is 0. The Kier molecular flexibility index (Phi) is 3.16. The number of amides is 1. The van der Waals surface area contributed by atoms with Gasteiger partial charge in [0.05, 0.1) is 18.7 Å². The zero-order valence-corrected chi connectivity index (χ0v) is 11.2. The van der Waals surface area contributed by atoms with Crippen molar-refractivity contribution in [2.75, 3.05) is 12.3 Å². The summed E-state index contributed by atoms with van der Waals surface area (Å²) in [5.74, 6) is 0.409. The van der Waals surface area contributed by atoms with Crippen molar-refractivity contribution in [1.29, 1.82) is 0 Å². The summed E-state index contributed by atoms with van der Waals surface area (Å²) in [5, 5.41) is 4.00. The van der Waals surface area contributed by atoms with Gasteiger partial charge < -0.3 is 10.6 Å². The molecule has 0 saturated carbocycles. The van der Waals surface area contributed by atoms with Crippen LogP contribution in [0.25, 0.3) is 0 Å². The Labute approximate surface area is 115 Å². The lowest BCUT2D eigenvalue weighted by Crippen LogP contribution is -2.37. The number of carbonyl (C=O) groups is 1. The van der Waals surface area contributed by atoms with Gasteiger partial charge in [-0.3, -0.25) is 4.79 Å². The first kappa shape index (κ1) is 12.1. The molecule has 6 heteroatoms. The van der Waals surface area contributed by atoms with E-state index in [0.29, 0.717) is 13.0 Å². The minimum absolute atomic E-state index is 0.140. The molecule has 0 radical (unpaired) electrons. The molecule has 0 atom stereocenters. The maximum Gasteiger partial charge on any atom is 0.227 e. The van der Waals surface area contributed by atoms with Gasteiger partial charge in [-0.05, 0) is 34.4 Å². The SMILES string of the molecule is Nc1ncc2c(n1)CN(C(=O)Cc1ccsc1)CC2. The van der Waals surface area contributed by atoms with Gasteiger partial charge in [0.15, 0.2) is 0 Å². The summed E-state index contributed by atoms with van der Waals surface area (Å²) in [6, 6.07) is 1.99. The Morgan fingerprint density at radius 1 is 1.53 bits per heavy atom. The third kappa shape index (κ3) is 2.58. The molecule has 0 unspecified atom stereocenters. The van der Waals surface area contributed by atoms with Crippen LogP contribution in [0.5, 0.6) is 0 Å². The maximum absolute atomic E-state index is 12.2. The highest BCUT2D eigenvalue weighted by atomic mass is 32.1. The second kappa shape index (κ2) is 4.97. The average Bonchev–Trinajstić information content (AvgIpc) is 2.90. The molecule has 2 aromatic rings. The Balaban J connectivity index is 1.72. The van der Waals surface area contributed by atoms with Crippen molar-refractivity contribution in [3.05, 3.63) is 39.8 Å². The van der Waals surface area contributed by atoms with Crippen molar-refractivity contribution >= 4 is 23.2 Å². The normalized spacial score (nSPS) is 14.2. The van der Waals surface area contributed by atoms with Crippen LogP contribution >= 0.6 is 11.3 Å². The number of carbonyl (C=O) groups excluding carboxylic acids is 1. The van der Waals surface area contributed by atoms with Crippen LogP contribution in [0.2, 0.25) is 0 Å². The van der Waals surface area contributed by atoms with Gasteiger partial charge in [0.1, 0.15) is 0 Å². The van der Waals surface area contributed by atoms with E-state index in [0.717, 1.165) is 29.8 Å². The van der Waals surface area contributed by atoms with Crippen molar-refractivity contribution in [1.82, 2.24) is 14.9 Å². The van der Waals surface area contributed by atoms with E-state index in [-0.39, 0.29) is 11.9 Å². The van der Waals surface area contributed by atoms with Gasteiger partial charge in [-0.15, -0.1) is 0 Å². The first-order valence-electron chi connectivity index (χ1n) is 6.11. The second-order valence-electron chi connectivity index (χ2n) is 4.57. The largest absolute Gasteiger partial charge is 0.368 e. The number of hydrogen-bond acceptors (Lipinski definition) is 5. The summed E-state index contributed by atoms with van der Waals surface area (Å²) >= 11 is 1.61. The molecule has 5 nitrogen and oxygen atoms in total. The Morgan fingerprint density at radius 2 is 2.42 bits per heavy atom. The molecular formula is C13H14N4OS. The van der Waals surface area contributed by atoms with E-state index in [1.807, 2.05) is 21.7 Å². The number of rotatable bonds is 2. The topological polar surface area (TPSA) is 72.1 Å². The van der Waals surface area contributed by atoms with Gasteiger partial charge in [-0.1, -0.05) is 0 Å². The van der Waals surface area contributed by atoms with Crippen LogP contribution in [0.3, 0.4) is 0 Å². The fourth-order valence-corrected chi connectivity index (χ4v) is 2.88. The molecule has 0 aliphatic carbocycles. The molecule has 0 bridgehead atoms. The van der Waals surface area contributed by atoms with Crippen molar-refractivity contribution < 1.29 is 4.79 Å². The number of fused-ring (bicyclic) bond motifs is 1. The maximum atomic E-state index is 12.2. The number of thiophene rings is 1. The molecule has 1 amide bonds. The number of nitrogens with two attached hydrogens (primary N) is 1. The minimum Gasteiger partial charge on any atom is -0.368 e. The predicted octanol–water partition coefficient (Wildman–Crippen LogP) is 1.25. The highest BCUT2D eigenvalue weighted by molar-refractivity contribution is 7.07. The number of nitrogens with zero attached hydrogens (tertiary/aromatic N) is 3. The Bertz CT molecular complexity index is 597. The van der Waals surface area contributed by atoms with Crippen LogP contribution < -0.4 is 5.73 Å². The quantitative estimate of drug-likeness (QED) is 0.894. The number of nitrogen functional groups attached to an aromatic ring is 1. The summed E-state index contributed by atoms with van der Waals surface area (Å²) < 4.78 is 0. The molecule has 0 spiro atoms. The van der Waals surface area contributed by atoms with E-state index >= 15 is 0 Å². The van der Waals surface area contributed by atoms with E-state index in [4.69, 9.17) is 5.73 Å². The van der Waals surface area contributed by atoms with E-state index in [1.54, 1.807) is 17.5 Å². The van der Waals surface area contributed by atoms with E-state index in [9.17, 15) is 4.79 Å². The molecule has 19 heavy (non-hydrogen) atoms. The zero-order valence-electron chi connectivity index (χ0n) is 10.4. The molecular weight excluding hydrogens is 260 g/mol. The third-order valence-corrected chi connectivity index (χ3v) is 3.98. The third-order valence-electron chi connectivity index (χ3n) is 3.25. The fraction of sp³-hybridized carbons (Fsp3) is 0.308. The summed E-state index contributed by atoms with van der Waals surface area (Å²) in [4.78, 5) is 22.3. The Morgan fingerprint density at radius 3 is 3.21 bits per heavy atom. The predicted molar refractivity (Wildman–Crippen MR) is 73.6 cm³/mol. The van der Waals surface area contributed by atoms with Crippen molar-refractivity contribution in [2.24, 2.45) is 0 Å². The highest BCUT2D eigenvalue weighted by Crippen LogP contribution is 2.18. The van der Waals surface area contributed by atoms with E-state index in [1.165, 1.54) is 0 Å². The molecule has 98 valence electrons. The number of aromatic nitrogens is 2. The summed E-state index contributed by atoms with van der Waals surface area (Å²) in [6.45, 7) is 1.26. The minimum atomic E-state index is 0.140. The van der Waals surface area contributed by atoms with Crippen LogP contribution in [0.4, 0.5) is 5.95 Å². The Hall–Kier alpha value is -1.95. The summed E-state index contributed by atoms with van der Waals surface area (Å²) in [6.07, 6.45) is 3.02. The molecule has 3 heterocycles. The lowest BCUT2D eigenvalue weighted by molar-refractivity contribution is -0.131. The van der Waals surface area contributed by atoms with Crippen LogP contribution in [-0.2, 0) is 24.2 Å². The van der Waals surface area contributed by atoms with Gasteiger partial charge in [-0.2, -0.15) is 11.3 Å². The van der Waals surface area contributed by atoms with Gasteiger partial charge in [0.2, 0.25) is 11.9 Å². The molecule has 2 N–H and O–H groups in total. The van der Waals surface area contributed by atoms with E-state index in [2.05, 4.69) is 9.97 Å².